The highest BCUT2D eigenvalue weighted by molar-refractivity contribution is 9.10. The zero-order chi connectivity index (χ0) is 12.6. The zero-order valence-electron chi connectivity index (χ0n) is 8.56. The summed E-state index contributed by atoms with van der Waals surface area (Å²) in [5, 5.41) is 11.4. The molecule has 0 fully saturated rings. The van der Waals surface area contributed by atoms with Crippen molar-refractivity contribution in [1.29, 1.82) is 0 Å². The van der Waals surface area contributed by atoms with Gasteiger partial charge in [0.1, 0.15) is 9.88 Å². The maximum Gasteiger partial charge on any atom is 0.356 e. The van der Waals surface area contributed by atoms with Gasteiger partial charge in [-0.3, -0.25) is 4.79 Å². The Balaban J connectivity index is 2.59. The molecule has 0 unspecified atom stereocenters. The van der Waals surface area contributed by atoms with Crippen molar-refractivity contribution >= 4 is 50.4 Å². The molecule has 2 aromatic heterocycles. The molecule has 0 aromatic carbocycles. The largest absolute Gasteiger partial charge is 0.476 e. The second-order valence-corrected chi connectivity index (χ2v) is 5.93. The maximum atomic E-state index is 11.3. The van der Waals surface area contributed by atoms with Crippen molar-refractivity contribution in [3.8, 4) is 9.88 Å². The van der Waals surface area contributed by atoms with Crippen LogP contribution in [-0.4, -0.2) is 21.8 Å². The smallest absolute Gasteiger partial charge is 0.356 e. The quantitative estimate of drug-likeness (QED) is 0.873. The fraction of sp³-hybridized carbons (Fsp3) is 0.100. The molecule has 0 saturated heterocycles. The van der Waals surface area contributed by atoms with Crippen LogP contribution in [0.25, 0.3) is 9.88 Å². The van der Waals surface area contributed by atoms with E-state index >= 15 is 0 Å². The Morgan fingerprint density at radius 1 is 1.47 bits per heavy atom. The molecule has 0 atom stereocenters. The lowest BCUT2D eigenvalue weighted by atomic mass is 10.3. The van der Waals surface area contributed by atoms with Crippen LogP contribution in [-0.2, 0) is 0 Å². The Bertz CT molecular complexity index is 571. The van der Waals surface area contributed by atoms with Gasteiger partial charge in [-0.05, 0) is 27.4 Å². The molecule has 2 rings (SSSR count). The van der Waals surface area contributed by atoms with Gasteiger partial charge in [-0.1, -0.05) is 0 Å². The van der Waals surface area contributed by atoms with Gasteiger partial charge in [-0.2, -0.15) is 0 Å². The van der Waals surface area contributed by atoms with Crippen LogP contribution >= 0.6 is 38.6 Å². The van der Waals surface area contributed by atoms with E-state index in [0.29, 0.717) is 5.01 Å². The van der Waals surface area contributed by atoms with Crippen LogP contribution in [0.15, 0.2) is 15.9 Å². The first-order valence-electron chi connectivity index (χ1n) is 4.49. The van der Waals surface area contributed by atoms with Gasteiger partial charge in [0, 0.05) is 11.4 Å². The van der Waals surface area contributed by atoms with Crippen molar-refractivity contribution in [3.05, 3.63) is 26.5 Å². The van der Waals surface area contributed by atoms with Crippen molar-refractivity contribution in [3.63, 3.8) is 0 Å². The molecule has 0 aliphatic carbocycles. The van der Waals surface area contributed by atoms with E-state index in [9.17, 15) is 9.59 Å². The highest BCUT2D eigenvalue weighted by atomic mass is 79.9. The van der Waals surface area contributed by atoms with Gasteiger partial charge in [0.25, 0.3) is 0 Å². The monoisotopic (exact) mass is 331 g/mol. The highest BCUT2D eigenvalue weighted by Crippen LogP contribution is 2.37. The van der Waals surface area contributed by atoms with Gasteiger partial charge >= 0.3 is 5.97 Å². The van der Waals surface area contributed by atoms with E-state index in [4.69, 9.17) is 5.11 Å². The van der Waals surface area contributed by atoms with E-state index in [1.807, 2.05) is 11.4 Å². The summed E-state index contributed by atoms with van der Waals surface area (Å²) in [6.07, 6.45) is 0. The van der Waals surface area contributed by atoms with Gasteiger partial charge < -0.3 is 5.11 Å². The Kier molecular flexibility index (Phi) is 3.41. The summed E-state index contributed by atoms with van der Waals surface area (Å²) >= 11 is 5.91. The number of nitrogens with zero attached hydrogens (tertiary/aromatic N) is 1. The fourth-order valence-corrected chi connectivity index (χ4v) is 4.00. The molecule has 0 amide bonds. The van der Waals surface area contributed by atoms with Crippen LogP contribution in [0.4, 0.5) is 0 Å². The summed E-state index contributed by atoms with van der Waals surface area (Å²) in [6, 6.07) is 1.86. The third-order valence-electron chi connectivity index (χ3n) is 1.96. The second kappa shape index (κ2) is 4.67. The molecule has 7 heteroatoms. The molecule has 0 aliphatic rings. The minimum absolute atomic E-state index is 0.169. The predicted octanol–water partition coefficient (Wildman–Crippen LogP) is 3.53. The Labute approximate surface area is 113 Å². The van der Waals surface area contributed by atoms with Crippen molar-refractivity contribution in [2.45, 2.75) is 6.92 Å². The average Bonchev–Trinajstić information content (AvgIpc) is 2.82. The Morgan fingerprint density at radius 3 is 2.59 bits per heavy atom. The Hall–Kier alpha value is -1.05. The summed E-state index contributed by atoms with van der Waals surface area (Å²) in [5.74, 6) is -1.45. The minimum Gasteiger partial charge on any atom is -0.476 e. The molecule has 0 radical (unpaired) electrons. The van der Waals surface area contributed by atoms with Gasteiger partial charge in [0.05, 0.1) is 4.88 Å². The molecule has 88 valence electrons. The number of thiophene rings is 1. The lowest BCUT2D eigenvalue weighted by molar-refractivity contribution is 0.0687. The van der Waals surface area contributed by atoms with Crippen molar-refractivity contribution in [2.24, 2.45) is 0 Å². The number of halogens is 1. The number of carboxylic acid groups (broad SMARTS) is 1. The molecular formula is C10H6BrNO3S2. The SMILES string of the molecule is CC(=O)c1sc(-c2sccc2Br)nc1C(=O)O. The van der Waals surface area contributed by atoms with E-state index in [-0.39, 0.29) is 16.4 Å². The molecule has 1 N–H and O–H groups in total. The number of rotatable bonds is 3. The van der Waals surface area contributed by atoms with Crippen LogP contribution in [0.3, 0.4) is 0 Å². The summed E-state index contributed by atoms with van der Waals surface area (Å²) < 4.78 is 0.850. The van der Waals surface area contributed by atoms with E-state index in [1.54, 1.807) is 0 Å². The number of carbonyl (C=O) groups excluding carboxylic acids is 1. The average molecular weight is 332 g/mol. The number of thiazole rings is 1. The first-order valence-corrected chi connectivity index (χ1v) is 6.98. The normalized spacial score (nSPS) is 10.5. The number of hydrogen-bond acceptors (Lipinski definition) is 5. The molecule has 17 heavy (non-hydrogen) atoms. The van der Waals surface area contributed by atoms with E-state index in [2.05, 4.69) is 20.9 Å². The summed E-state index contributed by atoms with van der Waals surface area (Å²) in [5.41, 5.74) is -0.169. The van der Waals surface area contributed by atoms with Gasteiger partial charge in [-0.15, -0.1) is 22.7 Å². The standard InChI is InChI=1S/C10H6BrNO3S2/c1-4(13)7-6(10(14)15)12-9(17-7)8-5(11)2-3-16-8/h2-3H,1H3,(H,14,15). The lowest BCUT2D eigenvalue weighted by Gasteiger charge is -1.89. The van der Waals surface area contributed by atoms with Crippen LogP contribution in [0, 0.1) is 0 Å². The van der Waals surface area contributed by atoms with Gasteiger partial charge in [0.2, 0.25) is 0 Å². The number of carbonyl (C=O) groups is 2. The van der Waals surface area contributed by atoms with E-state index in [0.717, 1.165) is 20.7 Å². The van der Waals surface area contributed by atoms with Crippen molar-refractivity contribution in [1.82, 2.24) is 4.98 Å². The number of hydrogen-bond donors (Lipinski definition) is 1. The van der Waals surface area contributed by atoms with Gasteiger partial charge in [0.15, 0.2) is 11.5 Å². The first-order chi connectivity index (χ1) is 8.00. The number of ketones is 1. The number of aromatic carboxylic acids is 1. The summed E-state index contributed by atoms with van der Waals surface area (Å²) in [4.78, 5) is 27.4. The maximum absolute atomic E-state index is 11.3. The molecular weight excluding hydrogens is 326 g/mol. The van der Waals surface area contributed by atoms with Crippen molar-refractivity contribution < 1.29 is 14.7 Å². The fourth-order valence-electron chi connectivity index (χ4n) is 1.25. The zero-order valence-corrected chi connectivity index (χ0v) is 11.8. The van der Waals surface area contributed by atoms with Crippen LogP contribution < -0.4 is 0 Å². The second-order valence-electron chi connectivity index (χ2n) is 3.16. The molecule has 2 aromatic rings. The number of aromatic nitrogens is 1. The third-order valence-corrected chi connectivity index (χ3v) is 5.11. The van der Waals surface area contributed by atoms with Gasteiger partial charge in [-0.25, -0.2) is 9.78 Å². The minimum atomic E-state index is -1.18. The summed E-state index contributed by atoms with van der Waals surface area (Å²) in [6.45, 7) is 1.34. The number of carboxylic acids is 1. The van der Waals surface area contributed by atoms with Crippen molar-refractivity contribution in [2.75, 3.05) is 0 Å². The molecule has 0 aliphatic heterocycles. The Morgan fingerprint density at radius 2 is 2.18 bits per heavy atom. The number of Topliss-reactive ketones (excluding diaryl/α,β-unsaturated/α-hetero) is 1. The molecule has 2 heterocycles. The van der Waals surface area contributed by atoms with E-state index < -0.39 is 5.97 Å². The molecule has 0 spiro atoms. The highest BCUT2D eigenvalue weighted by Gasteiger charge is 2.22. The van der Waals surface area contributed by atoms with Crippen LogP contribution in [0.2, 0.25) is 0 Å². The third kappa shape index (κ3) is 2.31. The lowest BCUT2D eigenvalue weighted by Crippen LogP contribution is -2.03. The predicted molar refractivity (Wildman–Crippen MR) is 70.1 cm³/mol. The summed E-state index contributed by atoms with van der Waals surface area (Å²) in [7, 11) is 0. The molecule has 4 nitrogen and oxygen atoms in total. The van der Waals surface area contributed by atoms with E-state index in [1.165, 1.54) is 18.3 Å². The topological polar surface area (TPSA) is 67.3 Å². The van der Waals surface area contributed by atoms with Crippen LogP contribution in [0.5, 0.6) is 0 Å². The first kappa shape index (κ1) is 12.4. The molecule has 0 bridgehead atoms. The molecule has 0 saturated carbocycles. The van der Waals surface area contributed by atoms with Crippen LogP contribution in [0.1, 0.15) is 27.1 Å².